The van der Waals surface area contributed by atoms with E-state index in [1.807, 2.05) is 6.92 Å². The fraction of sp³-hybridized carbons (Fsp3) is 0.200. The minimum absolute atomic E-state index is 0.0708. The largest absolute Gasteiger partial charge is 0.396 e. The Labute approximate surface area is 133 Å². The molecule has 21 heavy (non-hydrogen) atoms. The molecule has 4 nitrogen and oxygen atoms in total. The predicted molar refractivity (Wildman–Crippen MR) is 86.9 cm³/mol. The van der Waals surface area contributed by atoms with Crippen LogP contribution in [0.1, 0.15) is 11.1 Å². The summed E-state index contributed by atoms with van der Waals surface area (Å²) in [6.45, 7) is 1.97. The van der Waals surface area contributed by atoms with Crippen molar-refractivity contribution in [2.45, 2.75) is 18.2 Å². The molecule has 0 amide bonds. The summed E-state index contributed by atoms with van der Waals surface area (Å²) < 4.78 is 27.8. The summed E-state index contributed by atoms with van der Waals surface area (Å²) in [6.07, 6.45) is 0.552. The summed E-state index contributed by atoms with van der Waals surface area (Å²) >= 11 is 3.28. The Morgan fingerprint density at radius 1 is 1.14 bits per heavy atom. The summed E-state index contributed by atoms with van der Waals surface area (Å²) in [4.78, 5) is 0.201. The van der Waals surface area contributed by atoms with Crippen LogP contribution in [0.5, 0.6) is 0 Å². The smallest absolute Gasteiger partial charge is 0.263 e. The van der Waals surface area contributed by atoms with Crippen molar-refractivity contribution in [1.82, 2.24) is 0 Å². The molecule has 0 saturated heterocycles. The molecular formula is C15H16BrNO3S. The second kappa shape index (κ2) is 6.60. The van der Waals surface area contributed by atoms with Crippen molar-refractivity contribution in [2.24, 2.45) is 0 Å². The lowest BCUT2D eigenvalue weighted by Gasteiger charge is -2.10. The van der Waals surface area contributed by atoms with E-state index in [9.17, 15) is 8.42 Å². The molecular weight excluding hydrogens is 354 g/mol. The zero-order chi connectivity index (χ0) is 15.5. The number of nitrogens with one attached hydrogen (secondary N) is 1. The Kier molecular flexibility index (Phi) is 5.03. The van der Waals surface area contributed by atoms with Crippen molar-refractivity contribution in [2.75, 3.05) is 11.3 Å². The summed E-state index contributed by atoms with van der Waals surface area (Å²) in [5, 5.41) is 8.86. The lowest BCUT2D eigenvalue weighted by atomic mass is 10.1. The van der Waals surface area contributed by atoms with Gasteiger partial charge in [-0.25, -0.2) is 8.42 Å². The summed E-state index contributed by atoms with van der Waals surface area (Å²) in [6, 6.07) is 12.0. The Bertz CT molecular complexity index is 727. The van der Waals surface area contributed by atoms with Crippen molar-refractivity contribution >= 4 is 31.6 Å². The van der Waals surface area contributed by atoms with Crippen LogP contribution >= 0.6 is 15.9 Å². The first-order valence-corrected chi connectivity index (χ1v) is 8.69. The van der Waals surface area contributed by atoms with Crippen molar-refractivity contribution in [3.8, 4) is 0 Å². The van der Waals surface area contributed by atoms with Crippen LogP contribution in [0.4, 0.5) is 5.69 Å². The Morgan fingerprint density at radius 2 is 1.81 bits per heavy atom. The van der Waals surface area contributed by atoms with Crippen LogP contribution in [0, 0.1) is 6.92 Å². The second-order valence-corrected chi connectivity index (χ2v) is 7.22. The van der Waals surface area contributed by atoms with E-state index in [4.69, 9.17) is 5.11 Å². The number of aliphatic hydroxyl groups is 1. The molecule has 0 aliphatic carbocycles. The molecule has 2 aromatic carbocycles. The Hall–Kier alpha value is -1.37. The van der Waals surface area contributed by atoms with Gasteiger partial charge in [-0.05, 0) is 64.7 Å². The average molecular weight is 370 g/mol. The first-order valence-electron chi connectivity index (χ1n) is 6.41. The maximum atomic E-state index is 12.4. The number of benzene rings is 2. The molecule has 0 saturated carbocycles. The van der Waals surface area contributed by atoms with Crippen LogP contribution in [0.15, 0.2) is 51.8 Å². The van der Waals surface area contributed by atoms with Gasteiger partial charge in [-0.3, -0.25) is 4.72 Å². The third kappa shape index (κ3) is 4.06. The number of hydrogen-bond acceptors (Lipinski definition) is 3. The van der Waals surface area contributed by atoms with Gasteiger partial charge in [0.1, 0.15) is 4.90 Å². The molecule has 2 rings (SSSR count). The first kappa shape index (κ1) is 16.0. The molecule has 0 bridgehead atoms. The summed E-state index contributed by atoms with van der Waals surface area (Å²) in [5.41, 5.74) is 2.43. The van der Waals surface area contributed by atoms with E-state index >= 15 is 0 Å². The van der Waals surface area contributed by atoms with Crippen molar-refractivity contribution in [3.63, 3.8) is 0 Å². The van der Waals surface area contributed by atoms with Gasteiger partial charge in [0.05, 0.1) is 0 Å². The fourth-order valence-corrected chi connectivity index (χ4v) is 4.15. The monoisotopic (exact) mass is 369 g/mol. The lowest BCUT2D eigenvalue weighted by molar-refractivity contribution is 0.299. The van der Waals surface area contributed by atoms with E-state index in [2.05, 4.69) is 20.7 Å². The molecule has 0 aliphatic heterocycles. The van der Waals surface area contributed by atoms with E-state index in [1.165, 1.54) is 0 Å². The van der Waals surface area contributed by atoms with Gasteiger partial charge >= 0.3 is 0 Å². The highest BCUT2D eigenvalue weighted by atomic mass is 79.9. The molecule has 0 fully saturated rings. The fourth-order valence-electron chi connectivity index (χ4n) is 1.90. The number of sulfonamides is 1. The number of rotatable bonds is 5. The number of aliphatic hydroxyl groups excluding tert-OH is 1. The SMILES string of the molecule is Cc1ccc(S(=O)(=O)Nc2ccc(CCO)cc2)c(Br)c1. The summed E-state index contributed by atoms with van der Waals surface area (Å²) in [5.74, 6) is 0. The molecule has 0 aromatic heterocycles. The topological polar surface area (TPSA) is 66.4 Å². The molecule has 0 spiro atoms. The number of aryl methyl sites for hydroxylation is 1. The Balaban J connectivity index is 2.24. The molecule has 0 atom stereocenters. The normalized spacial score (nSPS) is 11.4. The quantitative estimate of drug-likeness (QED) is 0.850. The van der Waals surface area contributed by atoms with Gasteiger partial charge in [-0.15, -0.1) is 0 Å². The molecule has 2 aromatic rings. The van der Waals surface area contributed by atoms with E-state index in [0.29, 0.717) is 16.6 Å². The van der Waals surface area contributed by atoms with Gasteiger partial charge in [0.25, 0.3) is 10.0 Å². The maximum absolute atomic E-state index is 12.4. The lowest BCUT2D eigenvalue weighted by Crippen LogP contribution is -2.13. The standard InChI is InChI=1S/C15H16BrNO3S/c1-11-2-7-15(14(16)10-11)21(19,20)17-13-5-3-12(4-6-13)8-9-18/h2-7,10,17-18H,8-9H2,1H3. The van der Waals surface area contributed by atoms with Gasteiger partial charge in [-0.1, -0.05) is 18.2 Å². The van der Waals surface area contributed by atoms with Crippen LogP contribution in [0.25, 0.3) is 0 Å². The average Bonchev–Trinajstić information content (AvgIpc) is 2.40. The zero-order valence-electron chi connectivity index (χ0n) is 11.5. The van der Waals surface area contributed by atoms with Crippen LogP contribution in [-0.2, 0) is 16.4 Å². The van der Waals surface area contributed by atoms with Gasteiger partial charge < -0.3 is 5.11 Å². The Morgan fingerprint density at radius 3 is 2.38 bits per heavy atom. The molecule has 0 aliphatic rings. The van der Waals surface area contributed by atoms with Gasteiger partial charge in [0.2, 0.25) is 0 Å². The van der Waals surface area contributed by atoms with Gasteiger partial charge in [0.15, 0.2) is 0 Å². The molecule has 0 unspecified atom stereocenters. The number of hydrogen-bond donors (Lipinski definition) is 2. The number of halogens is 1. The minimum Gasteiger partial charge on any atom is -0.396 e. The van der Waals surface area contributed by atoms with Crippen LogP contribution in [0.3, 0.4) is 0 Å². The van der Waals surface area contributed by atoms with Crippen molar-refractivity contribution < 1.29 is 13.5 Å². The highest BCUT2D eigenvalue weighted by Crippen LogP contribution is 2.25. The third-order valence-corrected chi connectivity index (χ3v) is 5.34. The zero-order valence-corrected chi connectivity index (χ0v) is 13.9. The molecule has 6 heteroatoms. The first-order chi connectivity index (χ1) is 9.92. The minimum atomic E-state index is -3.63. The van der Waals surface area contributed by atoms with Gasteiger partial charge in [0, 0.05) is 16.8 Å². The van der Waals surface area contributed by atoms with Crippen molar-refractivity contribution in [3.05, 3.63) is 58.1 Å². The molecule has 0 radical (unpaired) electrons. The van der Waals surface area contributed by atoms with E-state index in [0.717, 1.165) is 11.1 Å². The van der Waals surface area contributed by atoms with Gasteiger partial charge in [-0.2, -0.15) is 0 Å². The number of anilines is 1. The van der Waals surface area contributed by atoms with E-state index in [-0.39, 0.29) is 11.5 Å². The summed E-state index contributed by atoms with van der Waals surface area (Å²) in [7, 11) is -3.63. The molecule has 2 N–H and O–H groups in total. The predicted octanol–water partition coefficient (Wildman–Crippen LogP) is 3.09. The van der Waals surface area contributed by atoms with Crippen LogP contribution in [0.2, 0.25) is 0 Å². The van der Waals surface area contributed by atoms with Crippen molar-refractivity contribution in [1.29, 1.82) is 0 Å². The van der Waals surface area contributed by atoms with E-state index in [1.54, 1.807) is 42.5 Å². The highest BCUT2D eigenvalue weighted by Gasteiger charge is 2.17. The van der Waals surface area contributed by atoms with Crippen LogP contribution in [-0.4, -0.2) is 20.1 Å². The molecule has 112 valence electrons. The van der Waals surface area contributed by atoms with E-state index < -0.39 is 10.0 Å². The third-order valence-electron chi connectivity index (χ3n) is 2.98. The maximum Gasteiger partial charge on any atom is 0.263 e. The highest BCUT2D eigenvalue weighted by molar-refractivity contribution is 9.10. The molecule has 0 heterocycles. The van der Waals surface area contributed by atoms with Crippen LogP contribution < -0.4 is 4.72 Å². The second-order valence-electron chi connectivity index (χ2n) is 4.71.